The summed E-state index contributed by atoms with van der Waals surface area (Å²) in [4.78, 5) is 15.4. The van der Waals surface area contributed by atoms with Gasteiger partial charge in [0.15, 0.2) is 10.7 Å². The standard InChI is InChI=1S/C27H28FN3O4S/c1-18-16-21-9-4-6-12-24(21)31(18)27(32)22-10-7-15-30(17-22)36(33,34)26-19(2)29-35-25(26)14-13-20-8-3-5-11-23(20)28/h3-6,8-9,11-14,18,22H,7,10,15-17H2,1-2H3. The Kier molecular flexibility index (Phi) is 6.53. The topological polar surface area (TPSA) is 83.7 Å². The van der Waals surface area contributed by atoms with Gasteiger partial charge in [0, 0.05) is 30.4 Å². The average molecular weight is 510 g/mol. The molecular weight excluding hydrogens is 481 g/mol. The van der Waals surface area contributed by atoms with Crippen molar-refractivity contribution in [2.24, 2.45) is 5.92 Å². The number of hydrogen-bond acceptors (Lipinski definition) is 5. The molecule has 2 unspecified atom stereocenters. The number of fused-ring (bicyclic) bond motifs is 1. The second-order valence-corrected chi connectivity index (χ2v) is 11.3. The van der Waals surface area contributed by atoms with Gasteiger partial charge in [-0.3, -0.25) is 4.79 Å². The number of aryl methyl sites for hydroxylation is 1. The van der Waals surface area contributed by atoms with E-state index in [1.165, 1.54) is 22.5 Å². The van der Waals surface area contributed by atoms with Gasteiger partial charge in [-0.1, -0.05) is 41.6 Å². The molecule has 1 aromatic heterocycles. The molecule has 36 heavy (non-hydrogen) atoms. The molecule has 2 atom stereocenters. The maximum atomic E-state index is 14.0. The van der Waals surface area contributed by atoms with Gasteiger partial charge in [0.2, 0.25) is 15.9 Å². The highest BCUT2D eigenvalue weighted by Gasteiger charge is 2.40. The summed E-state index contributed by atoms with van der Waals surface area (Å²) in [5, 5.41) is 3.86. The monoisotopic (exact) mass is 509 g/mol. The van der Waals surface area contributed by atoms with Crippen LogP contribution >= 0.6 is 0 Å². The highest BCUT2D eigenvalue weighted by Crippen LogP contribution is 2.35. The molecule has 1 saturated heterocycles. The lowest BCUT2D eigenvalue weighted by molar-refractivity contribution is -0.123. The zero-order valence-electron chi connectivity index (χ0n) is 20.2. The Labute approximate surface area is 210 Å². The molecule has 1 fully saturated rings. The second kappa shape index (κ2) is 9.63. The van der Waals surface area contributed by atoms with Crippen LogP contribution in [0.5, 0.6) is 0 Å². The number of rotatable bonds is 5. The molecule has 0 aliphatic carbocycles. The van der Waals surface area contributed by atoms with E-state index in [9.17, 15) is 17.6 Å². The fourth-order valence-corrected chi connectivity index (χ4v) is 6.94. The van der Waals surface area contributed by atoms with Crippen molar-refractivity contribution >= 4 is 33.8 Å². The van der Waals surface area contributed by atoms with Gasteiger partial charge in [-0.15, -0.1) is 0 Å². The van der Waals surface area contributed by atoms with E-state index in [0.29, 0.717) is 24.9 Å². The summed E-state index contributed by atoms with van der Waals surface area (Å²) in [7, 11) is -4.00. The predicted octanol–water partition coefficient (Wildman–Crippen LogP) is 4.67. The third-order valence-corrected chi connectivity index (χ3v) is 8.95. The third-order valence-electron chi connectivity index (χ3n) is 6.93. The molecule has 0 spiro atoms. The van der Waals surface area contributed by atoms with E-state index >= 15 is 0 Å². The van der Waals surface area contributed by atoms with Crippen molar-refractivity contribution in [3.8, 4) is 0 Å². The maximum absolute atomic E-state index is 14.0. The number of anilines is 1. The smallest absolute Gasteiger partial charge is 0.248 e. The molecular formula is C27H28FN3O4S. The van der Waals surface area contributed by atoms with E-state index in [-0.39, 0.29) is 34.8 Å². The normalized spacial score (nSPS) is 20.7. The minimum Gasteiger partial charge on any atom is -0.355 e. The number of halogens is 1. The van der Waals surface area contributed by atoms with Gasteiger partial charge < -0.3 is 9.42 Å². The zero-order chi connectivity index (χ0) is 25.4. The van der Waals surface area contributed by atoms with Crippen molar-refractivity contribution in [1.29, 1.82) is 0 Å². The lowest BCUT2D eigenvalue weighted by atomic mass is 9.97. The van der Waals surface area contributed by atoms with Crippen LogP contribution in [-0.4, -0.2) is 42.9 Å². The second-order valence-electron chi connectivity index (χ2n) is 9.41. The Morgan fingerprint density at radius 1 is 1.14 bits per heavy atom. The quantitative estimate of drug-likeness (QED) is 0.499. The summed E-state index contributed by atoms with van der Waals surface area (Å²) >= 11 is 0. The van der Waals surface area contributed by atoms with Crippen LogP contribution in [0.25, 0.3) is 12.2 Å². The molecule has 3 aromatic rings. The molecule has 2 aromatic carbocycles. The molecule has 2 aliphatic rings. The minimum absolute atomic E-state index is 0.0253. The molecule has 9 heteroatoms. The molecule has 5 rings (SSSR count). The van der Waals surface area contributed by atoms with Gasteiger partial charge in [-0.05, 0) is 63.0 Å². The van der Waals surface area contributed by atoms with Crippen LogP contribution in [0.15, 0.2) is 57.9 Å². The third kappa shape index (κ3) is 4.37. The average Bonchev–Trinajstić information content (AvgIpc) is 3.42. The first-order valence-corrected chi connectivity index (χ1v) is 13.5. The van der Waals surface area contributed by atoms with Crippen LogP contribution < -0.4 is 4.90 Å². The van der Waals surface area contributed by atoms with E-state index in [1.807, 2.05) is 36.1 Å². The number of nitrogens with zero attached hydrogens (tertiary/aromatic N) is 3. The molecule has 0 bridgehead atoms. The first kappa shape index (κ1) is 24.4. The van der Waals surface area contributed by atoms with Crippen LogP contribution in [0.4, 0.5) is 10.1 Å². The number of para-hydroxylation sites is 1. The number of piperidine rings is 1. The van der Waals surface area contributed by atoms with Crippen molar-refractivity contribution in [2.75, 3.05) is 18.0 Å². The Morgan fingerprint density at radius 2 is 1.89 bits per heavy atom. The minimum atomic E-state index is -4.00. The first-order valence-electron chi connectivity index (χ1n) is 12.1. The number of amides is 1. The molecule has 0 saturated carbocycles. The summed E-state index contributed by atoms with van der Waals surface area (Å²) < 4.78 is 48.1. The first-order chi connectivity index (χ1) is 17.3. The van der Waals surface area contributed by atoms with Crippen molar-refractivity contribution in [1.82, 2.24) is 9.46 Å². The zero-order valence-corrected chi connectivity index (χ0v) is 21.0. The highest BCUT2D eigenvalue weighted by molar-refractivity contribution is 7.89. The number of benzene rings is 2. The number of sulfonamides is 1. The van der Waals surface area contributed by atoms with E-state index in [4.69, 9.17) is 4.52 Å². The Balaban J connectivity index is 1.40. The lowest BCUT2D eigenvalue weighted by Gasteiger charge is -2.34. The van der Waals surface area contributed by atoms with E-state index in [0.717, 1.165) is 17.7 Å². The largest absolute Gasteiger partial charge is 0.355 e. The van der Waals surface area contributed by atoms with Gasteiger partial charge >= 0.3 is 0 Å². The summed E-state index contributed by atoms with van der Waals surface area (Å²) in [5.41, 5.74) is 2.56. The van der Waals surface area contributed by atoms with Crippen LogP contribution in [0, 0.1) is 18.7 Å². The fraction of sp³-hybridized carbons (Fsp3) is 0.333. The number of carbonyl (C=O) groups excluding carboxylic acids is 1. The van der Waals surface area contributed by atoms with Crippen molar-refractivity contribution in [3.05, 3.63) is 76.9 Å². The van der Waals surface area contributed by atoms with E-state index < -0.39 is 21.8 Å². The van der Waals surface area contributed by atoms with E-state index in [1.54, 1.807) is 25.1 Å². The fourth-order valence-electron chi connectivity index (χ4n) is 5.16. The molecule has 0 N–H and O–H groups in total. The lowest BCUT2D eigenvalue weighted by Crippen LogP contribution is -2.48. The van der Waals surface area contributed by atoms with Crippen LogP contribution in [0.1, 0.15) is 42.3 Å². The summed E-state index contributed by atoms with van der Waals surface area (Å²) in [6.45, 7) is 3.98. The van der Waals surface area contributed by atoms with E-state index in [2.05, 4.69) is 5.16 Å². The van der Waals surface area contributed by atoms with Gasteiger partial charge in [0.25, 0.3) is 0 Å². The molecule has 0 radical (unpaired) electrons. The maximum Gasteiger partial charge on any atom is 0.248 e. The number of hydrogen-bond donors (Lipinski definition) is 0. The summed E-state index contributed by atoms with van der Waals surface area (Å²) in [6.07, 6.45) is 4.86. The molecule has 188 valence electrons. The van der Waals surface area contributed by atoms with Gasteiger partial charge in [0.1, 0.15) is 11.5 Å². The molecule has 7 nitrogen and oxygen atoms in total. The predicted molar refractivity (Wildman–Crippen MR) is 135 cm³/mol. The summed E-state index contributed by atoms with van der Waals surface area (Å²) in [5.74, 6) is -0.885. The van der Waals surface area contributed by atoms with Crippen LogP contribution in [0.2, 0.25) is 0 Å². The molecule has 1 amide bonds. The SMILES string of the molecule is Cc1noc(C=Cc2ccccc2F)c1S(=O)(=O)N1CCCC(C(=O)N2c3ccccc3CC2C)C1. The Hall–Kier alpha value is -3.30. The van der Waals surface area contributed by atoms with Crippen molar-refractivity contribution in [2.45, 2.75) is 44.0 Å². The summed E-state index contributed by atoms with van der Waals surface area (Å²) in [6, 6.07) is 14.1. The van der Waals surface area contributed by atoms with Gasteiger partial charge in [0.05, 0.1) is 5.92 Å². The Bertz CT molecular complexity index is 1430. The Morgan fingerprint density at radius 3 is 2.69 bits per heavy atom. The van der Waals surface area contributed by atoms with Gasteiger partial charge in [-0.25, -0.2) is 12.8 Å². The van der Waals surface area contributed by atoms with Crippen LogP contribution in [0.3, 0.4) is 0 Å². The molecule has 3 heterocycles. The number of aromatic nitrogens is 1. The van der Waals surface area contributed by atoms with Crippen molar-refractivity contribution < 1.29 is 22.1 Å². The van der Waals surface area contributed by atoms with Crippen molar-refractivity contribution in [3.63, 3.8) is 0 Å². The number of carbonyl (C=O) groups is 1. The highest BCUT2D eigenvalue weighted by atomic mass is 32.2. The van der Waals surface area contributed by atoms with Gasteiger partial charge in [-0.2, -0.15) is 4.31 Å². The van der Waals surface area contributed by atoms with Crippen LogP contribution in [-0.2, 0) is 21.2 Å². The molecule has 2 aliphatic heterocycles.